The fraction of sp³-hybridized carbons (Fsp3) is 0.308. The van der Waals surface area contributed by atoms with E-state index in [9.17, 15) is 4.79 Å². The van der Waals surface area contributed by atoms with Gasteiger partial charge in [0.05, 0.1) is 6.61 Å². The highest BCUT2D eigenvalue weighted by atomic mass is 32.1. The van der Waals surface area contributed by atoms with Crippen LogP contribution in [0.1, 0.15) is 18.7 Å². The Morgan fingerprint density at radius 2 is 2.18 bits per heavy atom. The molecule has 0 fully saturated rings. The lowest BCUT2D eigenvalue weighted by atomic mass is 10.0. The van der Waals surface area contributed by atoms with Crippen LogP contribution in [0.4, 0.5) is 0 Å². The van der Waals surface area contributed by atoms with E-state index in [1.807, 2.05) is 30.3 Å². The number of benzene rings is 1. The molecule has 2 aromatic rings. The van der Waals surface area contributed by atoms with E-state index in [2.05, 4.69) is 0 Å². The average molecular weight is 249 g/mol. The minimum absolute atomic E-state index is 0.344. The first-order valence-corrected chi connectivity index (χ1v) is 6.32. The Morgan fingerprint density at radius 1 is 1.47 bits per heavy atom. The third kappa shape index (κ3) is 2.18. The number of fused-ring (bicyclic) bond motifs is 1. The molecule has 0 amide bonds. The molecule has 1 atom stereocenters. The van der Waals surface area contributed by atoms with Gasteiger partial charge in [0, 0.05) is 9.58 Å². The summed E-state index contributed by atoms with van der Waals surface area (Å²) < 4.78 is 6.13. The summed E-state index contributed by atoms with van der Waals surface area (Å²) in [6.45, 7) is 3.81. The number of nitrogens with two attached hydrogens (primary N) is 1. The Kier molecular flexibility index (Phi) is 3.17. The predicted molar refractivity (Wildman–Crippen MR) is 70.0 cm³/mol. The van der Waals surface area contributed by atoms with Crippen molar-refractivity contribution in [2.75, 3.05) is 6.61 Å². The standard InChI is InChI=1S/C13H15NO2S/c1-3-16-12(15)13(2,14)11-8-9-6-4-5-7-10(9)17-11/h4-8H,3,14H2,1-2H3. The minimum Gasteiger partial charge on any atom is -0.464 e. The second-order valence-electron chi connectivity index (χ2n) is 4.07. The molecule has 1 heterocycles. The summed E-state index contributed by atoms with van der Waals surface area (Å²) in [5.41, 5.74) is 5.00. The second-order valence-corrected chi connectivity index (χ2v) is 5.16. The molecular weight excluding hydrogens is 234 g/mol. The van der Waals surface area contributed by atoms with E-state index in [1.54, 1.807) is 13.8 Å². The predicted octanol–water partition coefficient (Wildman–Crippen LogP) is 2.64. The summed E-state index contributed by atoms with van der Waals surface area (Å²) in [6.07, 6.45) is 0. The summed E-state index contributed by atoms with van der Waals surface area (Å²) >= 11 is 1.53. The van der Waals surface area contributed by atoms with Crippen molar-refractivity contribution in [1.82, 2.24) is 0 Å². The first kappa shape index (κ1) is 12.1. The number of ether oxygens (including phenoxy) is 1. The Labute approximate surface area is 104 Å². The molecule has 3 nitrogen and oxygen atoms in total. The molecule has 1 unspecified atom stereocenters. The average Bonchev–Trinajstić information content (AvgIpc) is 2.73. The van der Waals surface area contributed by atoms with Crippen molar-refractivity contribution in [2.45, 2.75) is 19.4 Å². The highest BCUT2D eigenvalue weighted by Gasteiger charge is 2.33. The van der Waals surface area contributed by atoms with E-state index in [0.717, 1.165) is 15.0 Å². The van der Waals surface area contributed by atoms with Gasteiger partial charge < -0.3 is 10.5 Å². The lowest BCUT2D eigenvalue weighted by Gasteiger charge is -2.20. The Balaban J connectivity index is 2.41. The van der Waals surface area contributed by atoms with Gasteiger partial charge in [-0.25, -0.2) is 4.79 Å². The molecule has 0 aliphatic rings. The van der Waals surface area contributed by atoms with Crippen molar-refractivity contribution in [3.05, 3.63) is 35.2 Å². The van der Waals surface area contributed by atoms with Crippen molar-refractivity contribution < 1.29 is 9.53 Å². The Hall–Kier alpha value is -1.39. The van der Waals surface area contributed by atoms with E-state index in [4.69, 9.17) is 10.5 Å². The van der Waals surface area contributed by atoms with Crippen LogP contribution in [-0.4, -0.2) is 12.6 Å². The summed E-state index contributed by atoms with van der Waals surface area (Å²) in [5.74, 6) is -0.383. The van der Waals surface area contributed by atoms with Gasteiger partial charge in [-0.15, -0.1) is 11.3 Å². The molecule has 90 valence electrons. The third-order valence-electron chi connectivity index (χ3n) is 2.64. The molecule has 0 saturated carbocycles. The number of carbonyl (C=O) groups is 1. The lowest BCUT2D eigenvalue weighted by Crippen LogP contribution is -2.42. The summed E-state index contributed by atoms with van der Waals surface area (Å²) in [4.78, 5) is 12.6. The van der Waals surface area contributed by atoms with Crippen LogP contribution in [0.15, 0.2) is 30.3 Å². The summed E-state index contributed by atoms with van der Waals surface area (Å²) in [7, 11) is 0. The molecule has 4 heteroatoms. The van der Waals surface area contributed by atoms with Crippen molar-refractivity contribution in [3.63, 3.8) is 0 Å². The quantitative estimate of drug-likeness (QED) is 0.851. The first-order valence-electron chi connectivity index (χ1n) is 5.51. The fourth-order valence-electron chi connectivity index (χ4n) is 1.62. The van der Waals surface area contributed by atoms with E-state index in [-0.39, 0.29) is 5.97 Å². The minimum atomic E-state index is -1.07. The van der Waals surface area contributed by atoms with Crippen LogP contribution in [0.3, 0.4) is 0 Å². The zero-order valence-corrected chi connectivity index (χ0v) is 10.7. The van der Waals surface area contributed by atoms with Gasteiger partial charge in [-0.1, -0.05) is 18.2 Å². The van der Waals surface area contributed by atoms with Gasteiger partial charge in [0.25, 0.3) is 0 Å². The smallest absolute Gasteiger partial charge is 0.331 e. The SMILES string of the molecule is CCOC(=O)C(C)(N)c1cc2ccccc2s1. The largest absolute Gasteiger partial charge is 0.464 e. The molecular formula is C13H15NO2S. The molecule has 2 N–H and O–H groups in total. The summed E-state index contributed by atoms with van der Waals surface area (Å²) in [6, 6.07) is 9.93. The number of carbonyl (C=O) groups excluding carboxylic acids is 1. The van der Waals surface area contributed by atoms with Crippen LogP contribution in [0, 0.1) is 0 Å². The first-order chi connectivity index (χ1) is 8.05. The number of thiophene rings is 1. The van der Waals surface area contributed by atoms with Gasteiger partial charge in [0.15, 0.2) is 0 Å². The molecule has 17 heavy (non-hydrogen) atoms. The van der Waals surface area contributed by atoms with Crippen LogP contribution in [-0.2, 0) is 15.1 Å². The number of hydrogen-bond donors (Lipinski definition) is 1. The molecule has 0 saturated heterocycles. The van der Waals surface area contributed by atoms with E-state index in [0.29, 0.717) is 6.61 Å². The van der Waals surface area contributed by atoms with Gasteiger partial charge in [0.2, 0.25) is 0 Å². The molecule has 0 radical (unpaired) electrons. The Morgan fingerprint density at radius 3 is 2.82 bits per heavy atom. The van der Waals surface area contributed by atoms with Gasteiger partial charge in [0.1, 0.15) is 5.54 Å². The lowest BCUT2D eigenvalue weighted by molar-refractivity contribution is -0.149. The van der Waals surface area contributed by atoms with Crippen LogP contribution in [0.25, 0.3) is 10.1 Å². The zero-order valence-electron chi connectivity index (χ0n) is 9.90. The van der Waals surface area contributed by atoms with E-state index >= 15 is 0 Å². The highest BCUT2D eigenvalue weighted by Crippen LogP contribution is 2.32. The molecule has 0 bridgehead atoms. The van der Waals surface area contributed by atoms with Gasteiger partial charge in [-0.3, -0.25) is 0 Å². The van der Waals surface area contributed by atoms with E-state index < -0.39 is 5.54 Å². The van der Waals surface area contributed by atoms with Crippen LogP contribution in [0.5, 0.6) is 0 Å². The van der Waals surface area contributed by atoms with Crippen LogP contribution < -0.4 is 5.73 Å². The molecule has 2 rings (SSSR count). The van der Waals surface area contributed by atoms with Crippen molar-refractivity contribution in [2.24, 2.45) is 5.73 Å². The zero-order chi connectivity index (χ0) is 12.5. The third-order valence-corrected chi connectivity index (χ3v) is 3.99. The molecule has 0 aliphatic heterocycles. The topological polar surface area (TPSA) is 52.3 Å². The van der Waals surface area contributed by atoms with Crippen molar-refractivity contribution >= 4 is 27.4 Å². The van der Waals surface area contributed by atoms with Crippen LogP contribution in [0.2, 0.25) is 0 Å². The maximum Gasteiger partial charge on any atom is 0.331 e. The molecule has 0 spiro atoms. The normalized spacial score (nSPS) is 14.5. The molecule has 1 aromatic carbocycles. The maximum atomic E-state index is 11.8. The van der Waals surface area contributed by atoms with Crippen LogP contribution >= 0.6 is 11.3 Å². The van der Waals surface area contributed by atoms with Crippen molar-refractivity contribution in [3.8, 4) is 0 Å². The number of rotatable bonds is 3. The molecule has 1 aromatic heterocycles. The fourth-order valence-corrected chi connectivity index (χ4v) is 2.73. The highest BCUT2D eigenvalue weighted by molar-refractivity contribution is 7.19. The number of esters is 1. The molecule has 0 aliphatic carbocycles. The monoisotopic (exact) mass is 249 g/mol. The van der Waals surface area contributed by atoms with Crippen molar-refractivity contribution in [1.29, 1.82) is 0 Å². The van der Waals surface area contributed by atoms with Gasteiger partial charge in [-0.2, -0.15) is 0 Å². The van der Waals surface area contributed by atoms with Gasteiger partial charge in [-0.05, 0) is 31.4 Å². The maximum absolute atomic E-state index is 11.8. The Bertz CT molecular complexity index is 512. The number of hydrogen-bond acceptors (Lipinski definition) is 4. The second kappa shape index (κ2) is 4.47. The van der Waals surface area contributed by atoms with E-state index in [1.165, 1.54) is 11.3 Å². The van der Waals surface area contributed by atoms with Gasteiger partial charge >= 0.3 is 5.97 Å². The summed E-state index contributed by atoms with van der Waals surface area (Å²) in [5, 5.41) is 1.11.